The third-order valence-corrected chi connectivity index (χ3v) is 4.72. The van der Waals surface area contributed by atoms with Crippen LogP contribution in [0.1, 0.15) is 27.2 Å². The fourth-order valence-electron chi connectivity index (χ4n) is 3.17. The monoisotopic (exact) mass is 374 g/mol. The van der Waals surface area contributed by atoms with E-state index in [1.54, 1.807) is 36.2 Å². The van der Waals surface area contributed by atoms with E-state index in [0.29, 0.717) is 28.9 Å². The molecule has 0 N–H and O–H groups in total. The highest BCUT2D eigenvalue weighted by molar-refractivity contribution is 6.07. The summed E-state index contributed by atoms with van der Waals surface area (Å²) in [5, 5.41) is 0.597. The van der Waals surface area contributed by atoms with Crippen LogP contribution in [0.2, 0.25) is 0 Å². The summed E-state index contributed by atoms with van der Waals surface area (Å²) in [7, 11) is 0. The molecule has 0 spiro atoms. The van der Waals surface area contributed by atoms with Gasteiger partial charge in [0.1, 0.15) is 17.2 Å². The number of hydrogen-bond donors (Lipinski definition) is 0. The van der Waals surface area contributed by atoms with E-state index in [1.165, 1.54) is 12.1 Å². The Labute approximate surface area is 162 Å². The molecule has 4 aromatic rings. The molecule has 28 heavy (non-hydrogen) atoms. The molecular weight excluding hydrogens is 355 g/mol. The smallest absolute Gasteiger partial charge is 0.295 e. The number of aryl methyl sites for hydroxylation is 2. The molecular formula is C23H19FN2O2. The molecule has 0 aliphatic carbocycles. The van der Waals surface area contributed by atoms with Crippen LogP contribution in [0.4, 0.5) is 10.2 Å². The van der Waals surface area contributed by atoms with Gasteiger partial charge in [-0.15, -0.1) is 0 Å². The molecule has 140 valence electrons. The van der Waals surface area contributed by atoms with Crippen molar-refractivity contribution >= 4 is 22.7 Å². The second-order valence-electron chi connectivity index (χ2n) is 6.76. The van der Waals surface area contributed by atoms with Gasteiger partial charge in [0.25, 0.3) is 5.91 Å². The van der Waals surface area contributed by atoms with Crippen molar-refractivity contribution in [1.82, 2.24) is 4.98 Å². The molecule has 2 aromatic heterocycles. The molecule has 0 aliphatic heterocycles. The fraction of sp³-hybridized carbons (Fsp3) is 0.130. The van der Waals surface area contributed by atoms with Crippen LogP contribution in [0.5, 0.6) is 0 Å². The van der Waals surface area contributed by atoms with Crippen LogP contribution < -0.4 is 4.90 Å². The van der Waals surface area contributed by atoms with Crippen LogP contribution in [0.15, 0.2) is 71.3 Å². The van der Waals surface area contributed by atoms with Crippen molar-refractivity contribution in [2.24, 2.45) is 0 Å². The number of fused-ring (bicyclic) bond motifs is 1. The SMILES string of the molecule is Cc1ccc(CN(C(=O)c2oc3ccc(F)cc3c2C)c2ccccn2)cc1. The summed E-state index contributed by atoms with van der Waals surface area (Å²) in [6.45, 7) is 4.13. The molecule has 0 atom stereocenters. The first-order valence-corrected chi connectivity index (χ1v) is 9.00. The Morgan fingerprint density at radius 3 is 2.57 bits per heavy atom. The normalized spacial score (nSPS) is 11.0. The lowest BCUT2D eigenvalue weighted by atomic mass is 10.1. The minimum atomic E-state index is -0.364. The number of carbonyl (C=O) groups excluding carboxylic acids is 1. The minimum absolute atomic E-state index is 0.193. The maximum atomic E-state index is 13.6. The number of amides is 1. The second kappa shape index (κ2) is 7.27. The van der Waals surface area contributed by atoms with E-state index < -0.39 is 0 Å². The zero-order valence-electron chi connectivity index (χ0n) is 15.6. The molecule has 0 saturated carbocycles. The van der Waals surface area contributed by atoms with Crippen LogP contribution in [0.25, 0.3) is 11.0 Å². The number of furan rings is 1. The van der Waals surface area contributed by atoms with E-state index in [1.807, 2.05) is 37.3 Å². The van der Waals surface area contributed by atoms with Crippen LogP contribution in [0.3, 0.4) is 0 Å². The van der Waals surface area contributed by atoms with Gasteiger partial charge in [0.05, 0.1) is 6.54 Å². The van der Waals surface area contributed by atoms with E-state index in [9.17, 15) is 9.18 Å². The average molecular weight is 374 g/mol. The predicted molar refractivity (Wildman–Crippen MR) is 107 cm³/mol. The molecule has 0 bridgehead atoms. The van der Waals surface area contributed by atoms with Crippen molar-refractivity contribution < 1.29 is 13.6 Å². The summed E-state index contributed by atoms with van der Waals surface area (Å²) < 4.78 is 19.4. The first kappa shape index (κ1) is 17.9. The van der Waals surface area contributed by atoms with Crippen molar-refractivity contribution in [3.05, 3.63) is 95.1 Å². The van der Waals surface area contributed by atoms with E-state index in [2.05, 4.69) is 4.98 Å². The van der Waals surface area contributed by atoms with Crippen molar-refractivity contribution in [2.45, 2.75) is 20.4 Å². The Kier molecular flexibility index (Phi) is 4.65. The molecule has 0 saturated heterocycles. The summed E-state index contributed by atoms with van der Waals surface area (Å²) in [6.07, 6.45) is 1.64. The number of pyridine rings is 1. The second-order valence-corrected chi connectivity index (χ2v) is 6.76. The molecule has 0 fully saturated rings. The zero-order chi connectivity index (χ0) is 19.7. The van der Waals surface area contributed by atoms with Gasteiger partial charge in [-0.3, -0.25) is 9.69 Å². The fourth-order valence-corrected chi connectivity index (χ4v) is 3.17. The maximum Gasteiger partial charge on any atom is 0.295 e. The quantitative estimate of drug-likeness (QED) is 0.478. The van der Waals surface area contributed by atoms with Gasteiger partial charge in [-0.25, -0.2) is 9.37 Å². The summed E-state index contributed by atoms with van der Waals surface area (Å²) in [6, 6.07) is 17.6. The van der Waals surface area contributed by atoms with E-state index in [4.69, 9.17) is 4.42 Å². The van der Waals surface area contributed by atoms with Crippen LogP contribution in [-0.4, -0.2) is 10.9 Å². The first-order chi connectivity index (χ1) is 13.5. The van der Waals surface area contributed by atoms with E-state index in [0.717, 1.165) is 11.1 Å². The lowest BCUT2D eigenvalue weighted by Crippen LogP contribution is -2.31. The van der Waals surface area contributed by atoms with E-state index >= 15 is 0 Å². The molecule has 0 radical (unpaired) electrons. The van der Waals surface area contributed by atoms with Crippen molar-refractivity contribution in [1.29, 1.82) is 0 Å². The highest BCUT2D eigenvalue weighted by Gasteiger charge is 2.25. The lowest BCUT2D eigenvalue weighted by molar-refractivity contribution is 0.0959. The summed E-state index contributed by atoms with van der Waals surface area (Å²) in [5.41, 5.74) is 3.22. The van der Waals surface area contributed by atoms with Gasteiger partial charge in [0, 0.05) is 17.1 Å². The Morgan fingerprint density at radius 2 is 1.86 bits per heavy atom. The molecule has 5 heteroatoms. The van der Waals surface area contributed by atoms with Gasteiger partial charge in [0.2, 0.25) is 0 Å². The number of aromatic nitrogens is 1. The Bertz CT molecular complexity index is 1130. The van der Waals surface area contributed by atoms with Gasteiger partial charge in [-0.2, -0.15) is 0 Å². The number of hydrogen-bond acceptors (Lipinski definition) is 3. The zero-order valence-corrected chi connectivity index (χ0v) is 15.6. The van der Waals surface area contributed by atoms with Crippen LogP contribution in [-0.2, 0) is 6.54 Å². The number of carbonyl (C=O) groups is 1. The number of benzene rings is 2. The van der Waals surface area contributed by atoms with Gasteiger partial charge in [0.15, 0.2) is 5.76 Å². The summed E-state index contributed by atoms with van der Waals surface area (Å²) in [4.78, 5) is 19.3. The van der Waals surface area contributed by atoms with Crippen molar-refractivity contribution in [2.75, 3.05) is 4.90 Å². The summed E-state index contributed by atoms with van der Waals surface area (Å²) >= 11 is 0. The number of anilines is 1. The first-order valence-electron chi connectivity index (χ1n) is 9.00. The number of nitrogens with zero attached hydrogens (tertiary/aromatic N) is 2. The van der Waals surface area contributed by atoms with Gasteiger partial charge in [-0.05, 0) is 49.7 Å². The molecule has 0 unspecified atom stereocenters. The van der Waals surface area contributed by atoms with E-state index in [-0.39, 0.29) is 17.5 Å². The van der Waals surface area contributed by atoms with Crippen LogP contribution in [0, 0.1) is 19.7 Å². The van der Waals surface area contributed by atoms with Gasteiger partial charge < -0.3 is 4.42 Å². The largest absolute Gasteiger partial charge is 0.451 e. The molecule has 2 heterocycles. The summed E-state index contributed by atoms with van der Waals surface area (Å²) in [5.74, 6) is 0.0440. The van der Waals surface area contributed by atoms with Gasteiger partial charge >= 0.3 is 0 Å². The topological polar surface area (TPSA) is 46.3 Å². The predicted octanol–water partition coefficient (Wildman–Crippen LogP) is 5.43. The number of rotatable bonds is 4. The number of halogens is 1. The minimum Gasteiger partial charge on any atom is -0.451 e. The van der Waals surface area contributed by atoms with Crippen LogP contribution >= 0.6 is 0 Å². The highest BCUT2D eigenvalue weighted by atomic mass is 19.1. The highest BCUT2D eigenvalue weighted by Crippen LogP contribution is 2.28. The van der Waals surface area contributed by atoms with Gasteiger partial charge in [-0.1, -0.05) is 35.9 Å². The molecule has 0 aliphatic rings. The average Bonchev–Trinajstić information content (AvgIpc) is 3.04. The van der Waals surface area contributed by atoms with Crippen molar-refractivity contribution in [3.63, 3.8) is 0 Å². The Balaban J connectivity index is 1.77. The Morgan fingerprint density at radius 1 is 1.07 bits per heavy atom. The molecule has 4 rings (SSSR count). The standard InChI is InChI=1S/C23H19FN2O2/c1-15-6-8-17(9-7-15)14-26(21-5-3-4-12-25-21)23(27)22-16(2)19-13-18(24)10-11-20(19)28-22/h3-13H,14H2,1-2H3. The third kappa shape index (κ3) is 3.39. The third-order valence-electron chi connectivity index (χ3n) is 4.72. The maximum absolute atomic E-state index is 13.6. The Hall–Kier alpha value is -3.47. The lowest BCUT2D eigenvalue weighted by Gasteiger charge is -2.21. The van der Waals surface area contributed by atoms with Crippen molar-refractivity contribution in [3.8, 4) is 0 Å². The molecule has 4 nitrogen and oxygen atoms in total. The molecule has 2 aromatic carbocycles. The molecule has 1 amide bonds.